The number of aliphatic imine (C=N–C) groups is 1. The van der Waals surface area contributed by atoms with Crippen LogP contribution in [0.2, 0.25) is 0 Å². The van der Waals surface area contributed by atoms with Crippen LogP contribution >= 0.6 is 11.6 Å². The van der Waals surface area contributed by atoms with E-state index in [1.165, 1.54) is 13.2 Å². The van der Waals surface area contributed by atoms with Gasteiger partial charge in [-0.05, 0) is 60.0 Å². The van der Waals surface area contributed by atoms with Crippen molar-refractivity contribution in [3.8, 4) is 5.75 Å². The number of piperazine rings is 1. The second-order valence-electron chi connectivity index (χ2n) is 9.50. The van der Waals surface area contributed by atoms with Gasteiger partial charge in [0.1, 0.15) is 16.7 Å². The van der Waals surface area contributed by atoms with Gasteiger partial charge < -0.3 is 20.3 Å². The first-order valence-electron chi connectivity index (χ1n) is 12.9. The number of methoxy groups -OCH3 is 1. The number of amides is 1. The molecule has 0 atom stereocenters. The Kier molecular flexibility index (Phi) is 7.15. The minimum absolute atomic E-state index is 0.0206. The number of benzene rings is 2. The van der Waals surface area contributed by atoms with Gasteiger partial charge in [-0.1, -0.05) is 23.7 Å². The zero-order valence-electron chi connectivity index (χ0n) is 21.7. The van der Waals surface area contributed by atoms with E-state index in [4.69, 9.17) is 21.3 Å². The minimum atomic E-state index is -0.424. The van der Waals surface area contributed by atoms with Gasteiger partial charge in [0.15, 0.2) is 0 Å². The quantitative estimate of drug-likeness (QED) is 0.461. The number of aromatic nitrogens is 2. The zero-order valence-corrected chi connectivity index (χ0v) is 22.5. The van der Waals surface area contributed by atoms with Crippen LogP contribution in [0.4, 0.5) is 16.0 Å². The Bertz CT molecular complexity index is 1610. The molecule has 8 nitrogen and oxygen atoms in total. The van der Waals surface area contributed by atoms with Crippen molar-refractivity contribution in [3.63, 3.8) is 0 Å². The number of fused-ring (bicyclic) bond motifs is 3. The Hall–Kier alpha value is -4.34. The minimum Gasteiger partial charge on any atom is -0.496 e. The lowest BCUT2D eigenvalue weighted by Gasteiger charge is -2.27. The van der Waals surface area contributed by atoms with Crippen molar-refractivity contribution in [1.82, 2.24) is 20.2 Å². The maximum atomic E-state index is 15.1. The lowest BCUT2D eigenvalue weighted by molar-refractivity contribution is 0.0736. The van der Waals surface area contributed by atoms with Crippen LogP contribution in [0.15, 0.2) is 77.6 Å². The van der Waals surface area contributed by atoms with Gasteiger partial charge in [0.05, 0.1) is 18.4 Å². The van der Waals surface area contributed by atoms with E-state index < -0.39 is 5.82 Å². The highest BCUT2D eigenvalue weighted by molar-refractivity contribution is 6.69. The Morgan fingerprint density at radius 1 is 1.10 bits per heavy atom. The van der Waals surface area contributed by atoms with Crippen molar-refractivity contribution in [2.24, 2.45) is 4.99 Å². The van der Waals surface area contributed by atoms with E-state index >= 15 is 4.39 Å². The van der Waals surface area contributed by atoms with Crippen LogP contribution < -0.4 is 15.4 Å². The van der Waals surface area contributed by atoms with Gasteiger partial charge >= 0.3 is 0 Å². The van der Waals surface area contributed by atoms with Crippen molar-refractivity contribution < 1.29 is 13.9 Å². The molecular formula is C30H26ClFN6O2. The van der Waals surface area contributed by atoms with Gasteiger partial charge in [-0.25, -0.2) is 19.4 Å². The van der Waals surface area contributed by atoms with Crippen LogP contribution in [0.25, 0.3) is 11.1 Å². The predicted molar refractivity (Wildman–Crippen MR) is 155 cm³/mol. The van der Waals surface area contributed by atoms with Crippen molar-refractivity contribution in [1.29, 1.82) is 0 Å². The number of carbonyl (C=O) groups excluding carboxylic acids is 1. The lowest BCUT2D eigenvalue weighted by Crippen LogP contribution is -2.46. The van der Waals surface area contributed by atoms with Crippen LogP contribution in [0.3, 0.4) is 0 Å². The number of rotatable bonds is 5. The van der Waals surface area contributed by atoms with Crippen LogP contribution in [-0.4, -0.2) is 59.2 Å². The van der Waals surface area contributed by atoms with Gasteiger partial charge in [-0.15, -0.1) is 0 Å². The Balaban J connectivity index is 1.28. The summed E-state index contributed by atoms with van der Waals surface area (Å²) in [6, 6.07) is 12.0. The summed E-state index contributed by atoms with van der Waals surface area (Å²) in [5, 5.41) is 6.70. The van der Waals surface area contributed by atoms with Gasteiger partial charge in [0, 0.05) is 61.0 Å². The van der Waals surface area contributed by atoms with Crippen molar-refractivity contribution in [2.75, 3.05) is 38.6 Å². The van der Waals surface area contributed by atoms with Crippen molar-refractivity contribution >= 4 is 45.5 Å². The summed E-state index contributed by atoms with van der Waals surface area (Å²) in [6.45, 7) is 3.00. The molecule has 10 heteroatoms. The molecule has 3 heterocycles. The molecule has 40 heavy (non-hydrogen) atoms. The van der Waals surface area contributed by atoms with E-state index in [1.54, 1.807) is 42.7 Å². The molecule has 1 fully saturated rings. The highest BCUT2D eigenvalue weighted by atomic mass is 35.5. The topological polar surface area (TPSA) is 91.7 Å². The molecule has 0 bridgehead atoms. The summed E-state index contributed by atoms with van der Waals surface area (Å²) in [4.78, 5) is 28.3. The molecule has 3 aliphatic rings. The van der Waals surface area contributed by atoms with Crippen LogP contribution in [-0.2, 0) is 6.42 Å². The summed E-state index contributed by atoms with van der Waals surface area (Å²) >= 11 is 6.39. The first-order chi connectivity index (χ1) is 19.5. The van der Waals surface area contributed by atoms with Gasteiger partial charge in [0.25, 0.3) is 5.91 Å². The first kappa shape index (κ1) is 25.9. The summed E-state index contributed by atoms with van der Waals surface area (Å²) in [5.74, 6) is 0.377. The highest BCUT2D eigenvalue weighted by Crippen LogP contribution is 2.43. The zero-order chi connectivity index (χ0) is 27.6. The lowest BCUT2D eigenvalue weighted by atomic mass is 9.84. The average molecular weight is 557 g/mol. The Morgan fingerprint density at radius 3 is 2.67 bits per heavy atom. The average Bonchev–Trinajstić information content (AvgIpc) is 3.16. The van der Waals surface area contributed by atoms with E-state index in [1.807, 2.05) is 23.1 Å². The number of allylic oxidation sites excluding steroid dienone is 5. The third-order valence-electron chi connectivity index (χ3n) is 7.06. The molecule has 3 aromatic rings. The Labute approximate surface area is 236 Å². The molecule has 1 aliphatic carbocycles. The second kappa shape index (κ2) is 11.0. The second-order valence-corrected chi connectivity index (χ2v) is 9.89. The van der Waals surface area contributed by atoms with Crippen LogP contribution in [0, 0.1) is 5.82 Å². The number of nitrogens with one attached hydrogen (secondary N) is 2. The monoisotopic (exact) mass is 556 g/mol. The van der Waals surface area contributed by atoms with E-state index in [-0.39, 0.29) is 11.1 Å². The largest absolute Gasteiger partial charge is 0.496 e. The number of nitrogens with zero attached hydrogens (tertiary/aromatic N) is 4. The number of anilines is 2. The molecule has 1 aromatic heterocycles. The molecular weight excluding hydrogens is 531 g/mol. The molecule has 202 valence electrons. The fourth-order valence-electron chi connectivity index (χ4n) is 5.06. The molecule has 0 radical (unpaired) electrons. The fraction of sp³-hybridized carbons (Fsp3) is 0.200. The fourth-order valence-corrected chi connectivity index (χ4v) is 5.22. The van der Waals surface area contributed by atoms with Crippen molar-refractivity contribution in [2.45, 2.75) is 6.42 Å². The maximum absolute atomic E-state index is 15.1. The molecule has 2 aliphatic heterocycles. The Morgan fingerprint density at radius 2 is 1.90 bits per heavy atom. The third-order valence-corrected chi connectivity index (χ3v) is 7.27. The van der Waals surface area contributed by atoms with E-state index in [0.29, 0.717) is 59.2 Å². The van der Waals surface area contributed by atoms with E-state index in [9.17, 15) is 4.79 Å². The molecule has 2 N–H and O–H groups in total. The third kappa shape index (κ3) is 5.01. The molecule has 6 rings (SSSR count). The number of hydrogen-bond donors (Lipinski definition) is 2. The smallest absolute Gasteiger partial charge is 0.253 e. The summed E-state index contributed by atoms with van der Waals surface area (Å²) < 4.78 is 20.6. The predicted octanol–water partition coefficient (Wildman–Crippen LogP) is 4.97. The molecule has 0 saturated carbocycles. The number of ether oxygens (including phenoxy) is 1. The molecule has 2 aromatic carbocycles. The molecule has 1 saturated heterocycles. The van der Waals surface area contributed by atoms with Gasteiger partial charge in [0.2, 0.25) is 5.95 Å². The summed E-state index contributed by atoms with van der Waals surface area (Å²) in [5.41, 5.74) is 5.31. The van der Waals surface area contributed by atoms with Gasteiger partial charge in [-0.3, -0.25) is 4.79 Å². The summed E-state index contributed by atoms with van der Waals surface area (Å²) in [6.07, 6.45) is 7.62. The van der Waals surface area contributed by atoms with Crippen LogP contribution in [0.5, 0.6) is 5.75 Å². The molecule has 0 unspecified atom stereocenters. The molecule has 0 spiro atoms. The number of halogens is 2. The normalized spacial score (nSPS) is 16.4. The van der Waals surface area contributed by atoms with E-state index in [2.05, 4.69) is 20.6 Å². The summed E-state index contributed by atoms with van der Waals surface area (Å²) in [7, 11) is 1.51. The first-order valence-corrected chi connectivity index (χ1v) is 13.3. The van der Waals surface area contributed by atoms with E-state index in [0.717, 1.165) is 29.9 Å². The maximum Gasteiger partial charge on any atom is 0.253 e. The molecule has 1 amide bonds. The standard InChI is InChI=1S/C30H26ClFN6O2/c1-40-25-4-2-3-24(32)27(25)22-15-26(31)34-17-23-21(22)10-7-19-16-35-30(37-28(19)23)36-20-8-5-18(6-9-20)29(39)38-13-11-33-12-14-38/h2-6,8-10,15-17,33H,7,11-14H2,1H3,(H,35,36,37). The SMILES string of the molecule is COc1cccc(F)c1C1=CC(Cl)=NC=C2C1=CCc1cnc(Nc3ccc(C(=O)N4CCNCC4)cc3)nc12. The van der Waals surface area contributed by atoms with Crippen molar-refractivity contribution in [3.05, 3.63) is 101 Å². The number of hydrogen-bond acceptors (Lipinski definition) is 7. The van der Waals surface area contributed by atoms with Crippen LogP contribution in [0.1, 0.15) is 27.2 Å². The number of carbonyl (C=O) groups is 1. The van der Waals surface area contributed by atoms with Gasteiger partial charge in [-0.2, -0.15) is 0 Å². The highest BCUT2D eigenvalue weighted by Gasteiger charge is 2.28.